The summed E-state index contributed by atoms with van der Waals surface area (Å²) in [6.45, 7) is 0. The van der Waals surface area contributed by atoms with Crippen LogP contribution in [0, 0.1) is 0 Å². The van der Waals surface area contributed by atoms with Crippen LogP contribution in [-0.4, -0.2) is 19.5 Å². The van der Waals surface area contributed by atoms with Gasteiger partial charge in [0.05, 0.1) is 11.0 Å². The van der Waals surface area contributed by atoms with Gasteiger partial charge in [-0.15, -0.1) is 0 Å². The Hall–Kier alpha value is -8.41. The first-order valence-electron chi connectivity index (χ1n) is 20.9. The van der Waals surface area contributed by atoms with Crippen molar-refractivity contribution in [1.29, 1.82) is 0 Å². The summed E-state index contributed by atoms with van der Waals surface area (Å²) in [4.78, 5) is 16.1. The van der Waals surface area contributed by atoms with Crippen molar-refractivity contribution in [3.8, 4) is 51.0 Å². The summed E-state index contributed by atoms with van der Waals surface area (Å²) in [6.07, 6.45) is 0. The van der Waals surface area contributed by atoms with E-state index in [0.717, 1.165) is 98.7 Å². The van der Waals surface area contributed by atoms with Crippen LogP contribution in [0.25, 0.3) is 127 Å². The fourth-order valence-corrected chi connectivity index (χ4v) is 9.53. The largest absolute Gasteiger partial charge is 0.455 e. The highest BCUT2D eigenvalue weighted by atomic mass is 16.3. The molecule has 5 nitrogen and oxygen atoms in total. The number of aromatic nitrogens is 4. The van der Waals surface area contributed by atoms with Gasteiger partial charge in [0.25, 0.3) is 0 Å². The number of benzene rings is 10. The highest BCUT2D eigenvalue weighted by molar-refractivity contribution is 6.26. The molecule has 0 N–H and O–H groups in total. The Labute approximate surface area is 355 Å². The molecule has 5 heteroatoms. The lowest BCUT2D eigenvalue weighted by Crippen LogP contribution is -2.07. The van der Waals surface area contributed by atoms with E-state index in [2.05, 4.69) is 199 Å². The zero-order chi connectivity index (χ0) is 40.7. The van der Waals surface area contributed by atoms with Crippen molar-refractivity contribution in [2.45, 2.75) is 0 Å². The van der Waals surface area contributed by atoms with E-state index in [1.807, 2.05) is 12.1 Å². The lowest BCUT2D eigenvalue weighted by Gasteiger charge is -2.15. The summed E-state index contributed by atoms with van der Waals surface area (Å²) in [5, 5.41) is 11.3. The van der Waals surface area contributed by atoms with Crippen molar-refractivity contribution in [3.63, 3.8) is 0 Å². The fraction of sp³-hybridized carbons (Fsp3) is 0. The maximum Gasteiger partial charge on any atom is 0.238 e. The van der Waals surface area contributed by atoms with Gasteiger partial charge in [-0.1, -0.05) is 182 Å². The third-order valence-corrected chi connectivity index (χ3v) is 12.4. The zero-order valence-electron chi connectivity index (χ0n) is 33.3. The summed E-state index contributed by atoms with van der Waals surface area (Å²) in [5.74, 6) is 1.73. The molecule has 62 heavy (non-hydrogen) atoms. The molecule has 0 aliphatic rings. The summed E-state index contributed by atoms with van der Waals surface area (Å²) in [6, 6.07) is 72.7. The van der Waals surface area contributed by atoms with Crippen molar-refractivity contribution in [2.24, 2.45) is 0 Å². The Morgan fingerprint density at radius 3 is 1.82 bits per heavy atom. The highest BCUT2D eigenvalue weighted by Crippen LogP contribution is 2.46. The average molecular weight is 791 g/mol. The predicted molar refractivity (Wildman–Crippen MR) is 256 cm³/mol. The second kappa shape index (κ2) is 13.6. The average Bonchev–Trinajstić information content (AvgIpc) is 3.89. The van der Waals surface area contributed by atoms with Gasteiger partial charge in [0, 0.05) is 43.8 Å². The normalized spacial score (nSPS) is 11.9. The molecule has 0 fully saturated rings. The maximum absolute atomic E-state index is 6.87. The van der Waals surface area contributed by atoms with Crippen molar-refractivity contribution in [2.75, 3.05) is 0 Å². The van der Waals surface area contributed by atoms with Crippen LogP contribution in [-0.2, 0) is 0 Å². The molecule has 0 aliphatic heterocycles. The quantitative estimate of drug-likeness (QED) is 0.174. The number of rotatable bonds is 5. The second-order valence-corrected chi connectivity index (χ2v) is 16.0. The van der Waals surface area contributed by atoms with E-state index in [9.17, 15) is 0 Å². The molecular weight excluding hydrogens is 757 g/mol. The molecular formula is C57H34N4O. The number of hydrogen-bond acceptors (Lipinski definition) is 4. The monoisotopic (exact) mass is 790 g/mol. The van der Waals surface area contributed by atoms with Gasteiger partial charge in [-0.05, 0) is 67.7 Å². The van der Waals surface area contributed by atoms with E-state index in [-0.39, 0.29) is 0 Å². The van der Waals surface area contributed by atoms with Crippen molar-refractivity contribution >= 4 is 76.1 Å². The van der Waals surface area contributed by atoms with E-state index in [1.165, 1.54) is 10.8 Å². The van der Waals surface area contributed by atoms with Crippen LogP contribution in [0.3, 0.4) is 0 Å². The number of hydrogen-bond donors (Lipinski definition) is 0. The van der Waals surface area contributed by atoms with Gasteiger partial charge >= 0.3 is 0 Å². The Kier molecular flexibility index (Phi) is 7.54. The van der Waals surface area contributed by atoms with Crippen molar-refractivity contribution in [1.82, 2.24) is 19.5 Å². The topological polar surface area (TPSA) is 56.7 Å². The lowest BCUT2D eigenvalue weighted by molar-refractivity contribution is 0.670. The minimum absolute atomic E-state index is 0.536. The molecule has 0 bridgehead atoms. The Morgan fingerprint density at radius 2 is 0.984 bits per heavy atom. The third kappa shape index (κ3) is 5.32. The molecule has 0 aliphatic carbocycles. The number of fused-ring (bicyclic) bond motifs is 10. The molecule has 0 unspecified atom stereocenters. The smallest absolute Gasteiger partial charge is 0.238 e. The van der Waals surface area contributed by atoms with E-state index in [0.29, 0.717) is 17.6 Å². The van der Waals surface area contributed by atoms with Gasteiger partial charge < -0.3 is 4.42 Å². The summed E-state index contributed by atoms with van der Waals surface area (Å²) >= 11 is 0. The molecule has 13 aromatic rings. The molecule has 0 radical (unpaired) electrons. The first kappa shape index (κ1) is 34.5. The fourth-order valence-electron chi connectivity index (χ4n) is 9.53. The summed E-state index contributed by atoms with van der Waals surface area (Å²) in [7, 11) is 0. The van der Waals surface area contributed by atoms with E-state index in [1.54, 1.807) is 0 Å². The second-order valence-electron chi connectivity index (χ2n) is 16.0. The molecule has 0 spiro atoms. The summed E-state index contributed by atoms with van der Waals surface area (Å²) < 4.78 is 9.13. The third-order valence-electron chi connectivity index (χ3n) is 12.4. The van der Waals surface area contributed by atoms with Crippen LogP contribution in [0.15, 0.2) is 211 Å². The minimum atomic E-state index is 0.536. The van der Waals surface area contributed by atoms with Crippen LogP contribution in [0.1, 0.15) is 0 Å². The molecule has 288 valence electrons. The molecule has 0 saturated heterocycles. The van der Waals surface area contributed by atoms with Crippen LogP contribution in [0.2, 0.25) is 0 Å². The van der Waals surface area contributed by atoms with Crippen LogP contribution < -0.4 is 0 Å². The predicted octanol–water partition coefficient (Wildman–Crippen LogP) is 15.0. The first-order chi connectivity index (χ1) is 30.7. The van der Waals surface area contributed by atoms with Gasteiger partial charge in [-0.3, -0.25) is 4.57 Å². The Balaban J connectivity index is 1.15. The van der Waals surface area contributed by atoms with Gasteiger partial charge in [-0.2, -0.15) is 9.97 Å². The lowest BCUT2D eigenvalue weighted by atomic mass is 9.93. The van der Waals surface area contributed by atoms with Crippen LogP contribution in [0.5, 0.6) is 0 Å². The van der Waals surface area contributed by atoms with Crippen LogP contribution >= 0.6 is 0 Å². The minimum Gasteiger partial charge on any atom is -0.455 e. The molecule has 3 aromatic heterocycles. The first-order valence-corrected chi connectivity index (χ1v) is 20.9. The van der Waals surface area contributed by atoms with Crippen molar-refractivity contribution < 1.29 is 4.42 Å². The molecule has 3 heterocycles. The van der Waals surface area contributed by atoms with Gasteiger partial charge in [0.2, 0.25) is 5.95 Å². The van der Waals surface area contributed by atoms with E-state index < -0.39 is 0 Å². The number of para-hydroxylation sites is 2. The maximum atomic E-state index is 6.87. The number of furan rings is 1. The van der Waals surface area contributed by atoms with Gasteiger partial charge in [0.15, 0.2) is 11.6 Å². The van der Waals surface area contributed by atoms with Crippen LogP contribution in [0.4, 0.5) is 0 Å². The Bertz CT molecular complexity index is 3920. The molecule has 10 aromatic carbocycles. The molecule has 0 saturated carbocycles. The Morgan fingerprint density at radius 1 is 0.371 bits per heavy atom. The summed E-state index contributed by atoms with van der Waals surface area (Å²) in [5.41, 5.74) is 9.89. The SMILES string of the molecule is c1ccc(-c2ccc(-c3nc(-c4ccc5ccccc5c4)nc(-n4c5ccc6ccccc6c5c5cccc(-c6c7ccccc7cc7c6oc6ccccc67)c54)n3)cc2)cc1. The van der Waals surface area contributed by atoms with E-state index >= 15 is 0 Å². The molecule has 13 rings (SSSR count). The molecule has 0 atom stereocenters. The van der Waals surface area contributed by atoms with Gasteiger partial charge in [-0.25, -0.2) is 4.98 Å². The zero-order valence-corrected chi connectivity index (χ0v) is 33.3. The van der Waals surface area contributed by atoms with Crippen molar-refractivity contribution in [3.05, 3.63) is 206 Å². The van der Waals surface area contributed by atoms with E-state index in [4.69, 9.17) is 19.4 Å². The molecule has 0 amide bonds. The highest BCUT2D eigenvalue weighted by Gasteiger charge is 2.25. The standard InChI is InChI=1S/C57H34N4O/c1-2-13-35(14-3-1)37-25-28-39(29-26-37)55-58-56(42-30-27-36-15-4-5-17-40(36)33-42)60-57(59-55)61-49-32-31-38-16-6-8-19-43(38)51(49)46-22-12-23-47(53(46)61)52-44-20-9-7-18-41(44)34-48-45-21-10-11-24-50(45)62-54(48)52/h1-34H. The number of nitrogens with zero attached hydrogens (tertiary/aromatic N) is 4. The van der Waals surface area contributed by atoms with Gasteiger partial charge in [0.1, 0.15) is 11.2 Å².